The molecule has 1 aromatic heterocycles. The SMILES string of the molecule is CC(C)(C)OC(=O)NC(Cc1ccc(OCc2ccccc2)cn1)C(=O)NC1CCCCC1.N. The quantitative estimate of drug-likeness (QED) is 0.513. The lowest BCUT2D eigenvalue weighted by molar-refractivity contribution is -0.124. The van der Waals surface area contributed by atoms with E-state index in [-0.39, 0.29) is 24.5 Å². The lowest BCUT2D eigenvalue weighted by atomic mass is 9.95. The molecule has 0 radical (unpaired) electrons. The summed E-state index contributed by atoms with van der Waals surface area (Å²) in [5.74, 6) is 0.435. The van der Waals surface area contributed by atoms with E-state index in [0.29, 0.717) is 18.1 Å². The van der Waals surface area contributed by atoms with Gasteiger partial charge in [0.05, 0.1) is 6.20 Å². The van der Waals surface area contributed by atoms with Gasteiger partial charge in [0.2, 0.25) is 5.91 Å². The third-order valence-corrected chi connectivity index (χ3v) is 5.42. The Bertz CT molecular complexity index is 891. The lowest BCUT2D eigenvalue weighted by Crippen LogP contribution is -2.52. The molecule has 1 aromatic carbocycles. The Hall–Kier alpha value is -3.13. The highest BCUT2D eigenvalue weighted by Crippen LogP contribution is 2.18. The molecule has 1 unspecified atom stereocenters. The van der Waals surface area contributed by atoms with E-state index < -0.39 is 17.7 Å². The van der Waals surface area contributed by atoms with Gasteiger partial charge in [-0.2, -0.15) is 0 Å². The van der Waals surface area contributed by atoms with E-state index in [1.54, 1.807) is 27.0 Å². The summed E-state index contributed by atoms with van der Waals surface area (Å²) in [5.41, 5.74) is 1.11. The molecule has 1 atom stereocenters. The van der Waals surface area contributed by atoms with Gasteiger partial charge in [-0.1, -0.05) is 49.6 Å². The van der Waals surface area contributed by atoms with Gasteiger partial charge in [0, 0.05) is 18.2 Å². The molecule has 1 aliphatic rings. The molecule has 2 amide bonds. The molecule has 1 heterocycles. The van der Waals surface area contributed by atoms with Gasteiger partial charge in [0.25, 0.3) is 0 Å². The Labute approximate surface area is 202 Å². The first kappa shape index (κ1) is 27.1. The van der Waals surface area contributed by atoms with Crippen LogP contribution in [0.15, 0.2) is 48.7 Å². The van der Waals surface area contributed by atoms with Crippen molar-refractivity contribution in [3.8, 4) is 5.75 Å². The van der Waals surface area contributed by atoms with E-state index in [1.165, 1.54) is 6.42 Å². The van der Waals surface area contributed by atoms with Crippen molar-refractivity contribution in [1.29, 1.82) is 0 Å². The molecule has 1 saturated carbocycles. The fourth-order valence-electron chi connectivity index (χ4n) is 3.77. The number of rotatable bonds is 8. The molecule has 186 valence electrons. The van der Waals surface area contributed by atoms with Gasteiger partial charge in [-0.25, -0.2) is 4.79 Å². The summed E-state index contributed by atoms with van der Waals surface area (Å²) in [6.45, 7) is 5.83. The molecule has 1 aliphatic carbocycles. The average Bonchev–Trinajstić information content (AvgIpc) is 2.78. The summed E-state index contributed by atoms with van der Waals surface area (Å²) in [7, 11) is 0. The van der Waals surface area contributed by atoms with Crippen LogP contribution in [-0.2, 0) is 22.6 Å². The summed E-state index contributed by atoms with van der Waals surface area (Å²) in [6.07, 6.45) is 6.65. The highest BCUT2D eigenvalue weighted by atomic mass is 16.6. The van der Waals surface area contributed by atoms with Crippen LogP contribution in [0.3, 0.4) is 0 Å². The number of nitrogens with one attached hydrogen (secondary N) is 2. The summed E-state index contributed by atoms with van der Waals surface area (Å²) < 4.78 is 11.2. The Morgan fingerprint density at radius 1 is 1.06 bits per heavy atom. The molecule has 0 spiro atoms. The number of hydrogen-bond donors (Lipinski definition) is 3. The zero-order valence-corrected chi connectivity index (χ0v) is 20.5. The Morgan fingerprint density at radius 2 is 1.76 bits per heavy atom. The molecule has 0 bridgehead atoms. The topological polar surface area (TPSA) is 125 Å². The summed E-state index contributed by atoms with van der Waals surface area (Å²) in [5, 5.41) is 5.82. The fourth-order valence-corrected chi connectivity index (χ4v) is 3.77. The van der Waals surface area contributed by atoms with Crippen molar-refractivity contribution >= 4 is 12.0 Å². The van der Waals surface area contributed by atoms with Crippen LogP contribution >= 0.6 is 0 Å². The first-order chi connectivity index (χ1) is 15.8. The number of alkyl carbamates (subject to hydrolysis) is 1. The molecule has 0 aliphatic heterocycles. The van der Waals surface area contributed by atoms with Gasteiger partial charge in [0.1, 0.15) is 24.0 Å². The molecule has 1 fully saturated rings. The van der Waals surface area contributed by atoms with Crippen LogP contribution in [0.2, 0.25) is 0 Å². The van der Waals surface area contributed by atoms with Gasteiger partial charge in [0.15, 0.2) is 0 Å². The maximum Gasteiger partial charge on any atom is 0.408 e. The van der Waals surface area contributed by atoms with Crippen LogP contribution in [-0.4, -0.2) is 34.7 Å². The molecule has 8 nitrogen and oxygen atoms in total. The number of carbonyl (C=O) groups is 2. The molecule has 8 heteroatoms. The first-order valence-corrected chi connectivity index (χ1v) is 11.7. The first-order valence-electron chi connectivity index (χ1n) is 11.7. The van der Waals surface area contributed by atoms with Gasteiger partial charge in [-0.15, -0.1) is 0 Å². The van der Waals surface area contributed by atoms with Gasteiger partial charge < -0.3 is 26.3 Å². The smallest absolute Gasteiger partial charge is 0.408 e. The number of aromatic nitrogens is 1. The van der Waals surface area contributed by atoms with Crippen LogP contribution in [0.4, 0.5) is 4.79 Å². The van der Waals surface area contributed by atoms with Crippen molar-refractivity contribution in [2.75, 3.05) is 0 Å². The van der Waals surface area contributed by atoms with Crippen molar-refractivity contribution in [2.24, 2.45) is 0 Å². The third-order valence-electron chi connectivity index (χ3n) is 5.42. The van der Waals surface area contributed by atoms with Crippen LogP contribution in [0.25, 0.3) is 0 Å². The maximum absolute atomic E-state index is 13.0. The van der Waals surface area contributed by atoms with Crippen LogP contribution in [0.1, 0.15) is 64.1 Å². The number of nitrogens with zero attached hydrogens (tertiary/aromatic N) is 1. The number of carbonyl (C=O) groups excluding carboxylic acids is 2. The standard InChI is InChI=1S/C26H35N3O4.H3N/c1-26(2,3)33-25(31)29-23(24(30)28-20-12-8-5-9-13-20)16-21-14-15-22(17-27-21)32-18-19-10-6-4-7-11-19;/h4,6-7,10-11,14-15,17,20,23H,5,8-9,12-13,16,18H2,1-3H3,(H,28,30)(H,29,31);1H3. The van der Waals surface area contributed by atoms with E-state index >= 15 is 0 Å². The second-order valence-electron chi connectivity index (χ2n) is 9.51. The van der Waals surface area contributed by atoms with E-state index in [4.69, 9.17) is 9.47 Å². The number of amides is 2. The zero-order chi connectivity index (χ0) is 23.7. The van der Waals surface area contributed by atoms with Crippen molar-refractivity contribution in [2.45, 2.75) is 83.6 Å². The van der Waals surface area contributed by atoms with Crippen molar-refractivity contribution in [3.63, 3.8) is 0 Å². The zero-order valence-electron chi connectivity index (χ0n) is 20.5. The normalized spacial score (nSPS) is 14.9. The van der Waals surface area contributed by atoms with E-state index in [9.17, 15) is 9.59 Å². The van der Waals surface area contributed by atoms with E-state index in [0.717, 1.165) is 31.2 Å². The molecular weight excluding hydrogens is 432 g/mol. The predicted molar refractivity (Wildman–Crippen MR) is 132 cm³/mol. The maximum atomic E-state index is 13.0. The number of ether oxygens (including phenoxy) is 2. The van der Waals surface area contributed by atoms with Crippen molar-refractivity contribution in [1.82, 2.24) is 21.8 Å². The summed E-state index contributed by atoms with van der Waals surface area (Å²) >= 11 is 0. The average molecular weight is 471 g/mol. The minimum Gasteiger partial charge on any atom is -0.487 e. The molecule has 2 aromatic rings. The Kier molecular flexibility index (Phi) is 10.3. The Morgan fingerprint density at radius 3 is 2.38 bits per heavy atom. The van der Waals surface area contributed by atoms with Crippen molar-refractivity contribution < 1.29 is 19.1 Å². The molecule has 3 rings (SSSR count). The lowest BCUT2D eigenvalue weighted by Gasteiger charge is -2.27. The van der Waals surface area contributed by atoms with Crippen LogP contribution in [0, 0.1) is 0 Å². The second kappa shape index (κ2) is 12.9. The number of benzene rings is 1. The van der Waals surface area contributed by atoms with E-state index in [1.807, 2.05) is 42.5 Å². The van der Waals surface area contributed by atoms with Crippen LogP contribution in [0.5, 0.6) is 5.75 Å². The number of hydrogen-bond acceptors (Lipinski definition) is 6. The molecule has 34 heavy (non-hydrogen) atoms. The minimum absolute atomic E-state index is 0. The highest BCUT2D eigenvalue weighted by molar-refractivity contribution is 5.86. The highest BCUT2D eigenvalue weighted by Gasteiger charge is 2.27. The largest absolute Gasteiger partial charge is 0.487 e. The van der Waals surface area contributed by atoms with Gasteiger partial charge in [-0.3, -0.25) is 9.78 Å². The monoisotopic (exact) mass is 470 g/mol. The Balaban J connectivity index is 0.00000408. The number of pyridine rings is 1. The van der Waals surface area contributed by atoms with Gasteiger partial charge >= 0.3 is 6.09 Å². The fraction of sp³-hybridized carbons (Fsp3) is 0.500. The summed E-state index contributed by atoms with van der Waals surface area (Å²) in [4.78, 5) is 29.8. The van der Waals surface area contributed by atoms with Gasteiger partial charge in [-0.05, 0) is 51.3 Å². The predicted octanol–water partition coefficient (Wildman–Crippen LogP) is 4.71. The third kappa shape index (κ3) is 9.39. The molecular formula is C26H38N4O4. The van der Waals surface area contributed by atoms with E-state index in [2.05, 4.69) is 15.6 Å². The molecule has 5 N–H and O–H groups in total. The van der Waals surface area contributed by atoms with Crippen molar-refractivity contribution in [3.05, 3.63) is 59.9 Å². The summed E-state index contributed by atoms with van der Waals surface area (Å²) in [6, 6.07) is 12.9. The second-order valence-corrected chi connectivity index (χ2v) is 9.51. The van der Waals surface area contributed by atoms with Crippen LogP contribution < -0.4 is 21.5 Å². The minimum atomic E-state index is -0.773. The molecule has 0 saturated heterocycles.